The number of halogens is 1. The van der Waals surface area contributed by atoms with Crippen molar-refractivity contribution in [3.05, 3.63) is 22.7 Å². The molecule has 0 amide bonds. The quantitative estimate of drug-likeness (QED) is 0.625. The van der Waals surface area contributed by atoms with Gasteiger partial charge in [-0.25, -0.2) is 4.98 Å². The number of aromatic nitrogens is 2. The molecule has 0 N–H and O–H groups in total. The molecule has 0 aromatic carbocycles. The van der Waals surface area contributed by atoms with Crippen LogP contribution < -0.4 is 0 Å². The molecule has 0 unspecified atom stereocenters. The average Bonchev–Trinajstić information content (AvgIpc) is 2.34. The molecule has 0 saturated heterocycles. The molecule has 0 saturated carbocycles. The number of allylic oxidation sites excluding steroid dienone is 1. The first-order valence-corrected chi connectivity index (χ1v) is 4.05. The van der Waals surface area contributed by atoms with Crippen LogP contribution in [0.4, 0.5) is 0 Å². The zero-order valence-electron chi connectivity index (χ0n) is 5.42. The predicted molar refractivity (Wildman–Crippen MR) is 43.6 cm³/mol. The average molecular weight is 199 g/mol. The van der Waals surface area contributed by atoms with Crippen molar-refractivity contribution in [2.45, 2.75) is 13.0 Å². The van der Waals surface area contributed by atoms with Crippen LogP contribution in [0.25, 0.3) is 6.08 Å². The molecule has 0 fully saturated rings. The minimum absolute atomic E-state index is 1.05. The van der Waals surface area contributed by atoms with Crippen LogP contribution in [0.5, 0.6) is 0 Å². The van der Waals surface area contributed by atoms with Gasteiger partial charge in [0.15, 0.2) is 0 Å². The Morgan fingerprint density at radius 3 is 3.30 bits per heavy atom. The van der Waals surface area contributed by atoms with Crippen LogP contribution >= 0.6 is 15.9 Å². The molecule has 1 aromatic heterocycles. The molecule has 0 atom stereocenters. The minimum Gasteiger partial charge on any atom is -0.319 e. The van der Waals surface area contributed by atoms with Gasteiger partial charge in [-0.15, -0.1) is 0 Å². The van der Waals surface area contributed by atoms with Gasteiger partial charge < -0.3 is 4.57 Å². The fraction of sp³-hybridized carbons (Fsp3) is 0.286. The molecule has 0 bridgehead atoms. The van der Waals surface area contributed by atoms with E-state index in [-0.39, 0.29) is 0 Å². The normalized spacial score (nSPS) is 15.3. The Morgan fingerprint density at radius 1 is 1.60 bits per heavy atom. The van der Waals surface area contributed by atoms with Crippen LogP contribution in [0.3, 0.4) is 0 Å². The van der Waals surface area contributed by atoms with Crippen molar-refractivity contribution in [1.29, 1.82) is 0 Å². The van der Waals surface area contributed by atoms with Gasteiger partial charge in [0.05, 0.1) is 6.20 Å². The Bertz CT molecular complexity index is 275. The van der Waals surface area contributed by atoms with Crippen LogP contribution in [0.15, 0.2) is 16.9 Å². The summed E-state index contributed by atoms with van der Waals surface area (Å²) in [6.45, 7) is 1.05. The number of rotatable bonds is 0. The first-order valence-electron chi connectivity index (χ1n) is 3.25. The molecule has 2 nitrogen and oxygen atoms in total. The molecule has 0 radical (unpaired) electrons. The van der Waals surface area contributed by atoms with Gasteiger partial charge in [-0.2, -0.15) is 0 Å². The van der Waals surface area contributed by atoms with Gasteiger partial charge in [0, 0.05) is 6.54 Å². The Morgan fingerprint density at radius 2 is 2.50 bits per heavy atom. The summed E-state index contributed by atoms with van der Waals surface area (Å²) in [5, 5.41) is 0. The van der Waals surface area contributed by atoms with Crippen molar-refractivity contribution in [3.8, 4) is 0 Å². The lowest BCUT2D eigenvalue weighted by molar-refractivity contribution is 0.677. The van der Waals surface area contributed by atoms with Gasteiger partial charge in [-0.05, 0) is 28.4 Å². The van der Waals surface area contributed by atoms with Crippen LogP contribution in [0.2, 0.25) is 0 Å². The standard InChI is InChI=1S/C7H7BrN2/c8-6-5-9-7-3-1-2-4-10(6)7/h1,3,5H,2,4H2. The zero-order chi connectivity index (χ0) is 6.97. The zero-order valence-corrected chi connectivity index (χ0v) is 7.00. The van der Waals surface area contributed by atoms with Gasteiger partial charge >= 0.3 is 0 Å². The van der Waals surface area contributed by atoms with Crippen molar-refractivity contribution < 1.29 is 0 Å². The molecule has 0 spiro atoms. The fourth-order valence-electron chi connectivity index (χ4n) is 1.11. The first-order chi connectivity index (χ1) is 4.88. The predicted octanol–water partition coefficient (Wildman–Crippen LogP) is 2.06. The van der Waals surface area contributed by atoms with Crippen LogP contribution in [-0.4, -0.2) is 9.55 Å². The van der Waals surface area contributed by atoms with Crippen molar-refractivity contribution in [2.24, 2.45) is 0 Å². The largest absolute Gasteiger partial charge is 0.319 e. The second-order valence-electron chi connectivity index (χ2n) is 2.28. The SMILES string of the molecule is Brc1cnc2n1CCC=C2. The van der Waals surface area contributed by atoms with Crippen molar-refractivity contribution in [2.75, 3.05) is 0 Å². The molecule has 10 heavy (non-hydrogen) atoms. The number of nitrogens with zero attached hydrogens (tertiary/aromatic N) is 2. The van der Waals surface area contributed by atoms with E-state index < -0.39 is 0 Å². The van der Waals surface area contributed by atoms with Crippen LogP contribution in [-0.2, 0) is 6.54 Å². The van der Waals surface area contributed by atoms with E-state index in [9.17, 15) is 0 Å². The lowest BCUT2D eigenvalue weighted by Gasteiger charge is -2.08. The maximum atomic E-state index is 4.19. The van der Waals surface area contributed by atoms with Crippen LogP contribution in [0.1, 0.15) is 12.2 Å². The van der Waals surface area contributed by atoms with Crippen molar-refractivity contribution in [1.82, 2.24) is 9.55 Å². The molecular formula is C7H7BrN2. The summed E-state index contributed by atoms with van der Waals surface area (Å²) in [7, 11) is 0. The van der Waals surface area contributed by atoms with Gasteiger partial charge in [-0.3, -0.25) is 0 Å². The molecule has 3 heteroatoms. The smallest absolute Gasteiger partial charge is 0.133 e. The highest BCUT2D eigenvalue weighted by Crippen LogP contribution is 2.17. The highest BCUT2D eigenvalue weighted by molar-refractivity contribution is 9.10. The van der Waals surface area contributed by atoms with E-state index in [0.717, 1.165) is 23.4 Å². The molecule has 0 aliphatic carbocycles. The number of fused-ring (bicyclic) bond motifs is 1. The van der Waals surface area contributed by atoms with Gasteiger partial charge in [-0.1, -0.05) is 6.08 Å². The summed E-state index contributed by atoms with van der Waals surface area (Å²) in [5.41, 5.74) is 0. The first kappa shape index (κ1) is 6.16. The number of hydrogen-bond donors (Lipinski definition) is 0. The third-order valence-electron chi connectivity index (χ3n) is 1.62. The molecule has 2 rings (SSSR count). The van der Waals surface area contributed by atoms with Gasteiger partial charge in [0.25, 0.3) is 0 Å². The molecule has 1 aliphatic rings. The Kier molecular flexibility index (Phi) is 1.38. The lowest BCUT2D eigenvalue weighted by atomic mass is 10.3. The van der Waals surface area contributed by atoms with E-state index in [0.29, 0.717) is 0 Å². The summed E-state index contributed by atoms with van der Waals surface area (Å²) in [6, 6.07) is 0. The van der Waals surface area contributed by atoms with Gasteiger partial charge in [0.2, 0.25) is 0 Å². The lowest BCUT2D eigenvalue weighted by Crippen LogP contribution is -2.03. The van der Waals surface area contributed by atoms with Crippen molar-refractivity contribution >= 4 is 22.0 Å². The van der Waals surface area contributed by atoms with E-state index >= 15 is 0 Å². The summed E-state index contributed by atoms with van der Waals surface area (Å²) in [6.07, 6.45) is 7.15. The second kappa shape index (κ2) is 2.23. The third-order valence-corrected chi connectivity index (χ3v) is 2.26. The number of hydrogen-bond acceptors (Lipinski definition) is 1. The maximum Gasteiger partial charge on any atom is 0.133 e. The van der Waals surface area contributed by atoms with E-state index in [1.165, 1.54) is 0 Å². The van der Waals surface area contributed by atoms with E-state index in [1.54, 1.807) is 0 Å². The monoisotopic (exact) mass is 198 g/mol. The third kappa shape index (κ3) is 0.814. The van der Waals surface area contributed by atoms with Crippen molar-refractivity contribution in [3.63, 3.8) is 0 Å². The Balaban J connectivity index is 2.57. The minimum atomic E-state index is 1.05. The molecule has 2 heterocycles. The van der Waals surface area contributed by atoms with E-state index in [2.05, 4.69) is 31.6 Å². The summed E-state index contributed by atoms with van der Waals surface area (Å²) in [5.74, 6) is 1.05. The van der Waals surface area contributed by atoms with Crippen LogP contribution in [0, 0.1) is 0 Å². The molecule has 1 aliphatic heterocycles. The summed E-state index contributed by atoms with van der Waals surface area (Å²) in [4.78, 5) is 4.19. The van der Waals surface area contributed by atoms with Gasteiger partial charge in [0.1, 0.15) is 10.4 Å². The molecule has 1 aromatic rings. The van der Waals surface area contributed by atoms with E-state index in [4.69, 9.17) is 0 Å². The molecular weight excluding hydrogens is 192 g/mol. The Hall–Kier alpha value is -0.570. The fourth-order valence-corrected chi connectivity index (χ4v) is 1.58. The summed E-state index contributed by atoms with van der Waals surface area (Å²) >= 11 is 3.42. The highest BCUT2D eigenvalue weighted by atomic mass is 79.9. The maximum absolute atomic E-state index is 4.19. The summed E-state index contributed by atoms with van der Waals surface area (Å²) < 4.78 is 3.23. The van der Waals surface area contributed by atoms with E-state index in [1.807, 2.05) is 12.3 Å². The highest BCUT2D eigenvalue weighted by Gasteiger charge is 2.06. The Labute approximate surface area is 67.7 Å². The second-order valence-corrected chi connectivity index (χ2v) is 3.09. The number of imidazole rings is 1. The molecule has 52 valence electrons. The topological polar surface area (TPSA) is 17.8 Å².